The van der Waals surface area contributed by atoms with Gasteiger partial charge in [-0.3, -0.25) is 4.79 Å². The van der Waals surface area contributed by atoms with E-state index in [1.54, 1.807) is 0 Å². The fourth-order valence-corrected chi connectivity index (χ4v) is 3.35. The van der Waals surface area contributed by atoms with Gasteiger partial charge < -0.3 is 5.11 Å². The summed E-state index contributed by atoms with van der Waals surface area (Å²) in [5, 5.41) is 9.02. The number of fused-ring (bicyclic) bond motifs is 2. The molecule has 5 atom stereocenters. The van der Waals surface area contributed by atoms with Crippen LogP contribution in [0.25, 0.3) is 0 Å². The first-order chi connectivity index (χ1) is 5.61. The van der Waals surface area contributed by atoms with Crippen LogP contribution in [0.3, 0.4) is 0 Å². The van der Waals surface area contributed by atoms with Gasteiger partial charge in [0.1, 0.15) is 0 Å². The lowest BCUT2D eigenvalue weighted by Crippen LogP contribution is -2.31. The summed E-state index contributed by atoms with van der Waals surface area (Å²) in [7, 11) is 0. The molecule has 0 aromatic heterocycles. The largest absolute Gasteiger partial charge is 0.481 e. The van der Waals surface area contributed by atoms with E-state index < -0.39 is 5.97 Å². The highest BCUT2D eigenvalue weighted by molar-refractivity contribution is 5.71. The molecular weight excluding hydrogens is 152 g/mol. The molecule has 0 heterocycles. The van der Waals surface area contributed by atoms with Gasteiger partial charge in [0.05, 0.1) is 5.92 Å². The van der Waals surface area contributed by atoms with Gasteiger partial charge in [-0.25, -0.2) is 0 Å². The Labute approximate surface area is 73.0 Å². The Kier molecular flexibility index (Phi) is 1.67. The number of aliphatic carboxylic acids is 1. The Hall–Kier alpha value is -0.530. The van der Waals surface area contributed by atoms with E-state index in [1.165, 1.54) is 12.8 Å². The molecule has 2 unspecified atom stereocenters. The van der Waals surface area contributed by atoms with Gasteiger partial charge in [-0.1, -0.05) is 13.8 Å². The van der Waals surface area contributed by atoms with Crippen molar-refractivity contribution in [2.75, 3.05) is 0 Å². The number of hydrogen-bond donors (Lipinski definition) is 1. The Bertz CT molecular complexity index is 212. The molecular formula is C10H16O2. The van der Waals surface area contributed by atoms with Crippen LogP contribution in [0.2, 0.25) is 0 Å². The number of carboxylic acid groups (broad SMARTS) is 1. The lowest BCUT2D eigenvalue weighted by molar-refractivity contribution is -0.146. The van der Waals surface area contributed by atoms with Crippen molar-refractivity contribution in [3.8, 4) is 0 Å². The summed E-state index contributed by atoms with van der Waals surface area (Å²) >= 11 is 0. The molecule has 0 amide bonds. The molecule has 0 aromatic carbocycles. The molecule has 12 heavy (non-hydrogen) atoms. The van der Waals surface area contributed by atoms with Crippen LogP contribution < -0.4 is 0 Å². The summed E-state index contributed by atoms with van der Waals surface area (Å²) < 4.78 is 0. The zero-order valence-corrected chi connectivity index (χ0v) is 7.66. The van der Waals surface area contributed by atoms with E-state index in [-0.39, 0.29) is 5.92 Å². The number of rotatable bonds is 1. The normalized spacial score (nSPS) is 51.3. The Morgan fingerprint density at radius 1 is 1.33 bits per heavy atom. The molecule has 2 rings (SSSR count). The van der Waals surface area contributed by atoms with Crippen LogP contribution in [-0.4, -0.2) is 11.1 Å². The van der Waals surface area contributed by atoms with E-state index in [4.69, 9.17) is 5.11 Å². The molecule has 2 aliphatic rings. The molecule has 2 bridgehead atoms. The highest BCUT2D eigenvalue weighted by atomic mass is 16.4. The molecule has 2 saturated carbocycles. The van der Waals surface area contributed by atoms with Crippen LogP contribution in [0.1, 0.15) is 26.7 Å². The summed E-state index contributed by atoms with van der Waals surface area (Å²) in [5.41, 5.74) is 0. The Morgan fingerprint density at radius 2 is 2.00 bits per heavy atom. The summed E-state index contributed by atoms with van der Waals surface area (Å²) in [6, 6.07) is 0. The van der Waals surface area contributed by atoms with Gasteiger partial charge in [-0.05, 0) is 36.5 Å². The number of carbonyl (C=O) groups is 1. The van der Waals surface area contributed by atoms with E-state index in [1.807, 2.05) is 0 Å². The minimum Gasteiger partial charge on any atom is -0.481 e. The summed E-state index contributed by atoms with van der Waals surface area (Å²) in [4.78, 5) is 10.9. The Morgan fingerprint density at radius 3 is 2.42 bits per heavy atom. The van der Waals surface area contributed by atoms with Crippen LogP contribution in [0, 0.1) is 29.6 Å². The van der Waals surface area contributed by atoms with Gasteiger partial charge in [0.2, 0.25) is 0 Å². The van der Waals surface area contributed by atoms with E-state index in [0.717, 1.165) is 0 Å². The third kappa shape index (κ3) is 0.900. The van der Waals surface area contributed by atoms with Crippen LogP contribution in [0.4, 0.5) is 0 Å². The monoisotopic (exact) mass is 168 g/mol. The van der Waals surface area contributed by atoms with E-state index in [2.05, 4.69) is 13.8 Å². The van der Waals surface area contributed by atoms with Gasteiger partial charge >= 0.3 is 5.97 Å². The quantitative estimate of drug-likeness (QED) is 0.650. The molecule has 0 spiro atoms. The SMILES string of the molecule is C[C@H]1CC2CC1[C@H](C(=O)O)[C@H]2C. The maximum absolute atomic E-state index is 10.9. The minimum absolute atomic E-state index is 0.0428. The fourth-order valence-electron chi connectivity index (χ4n) is 3.35. The fraction of sp³-hybridized carbons (Fsp3) is 0.900. The molecule has 0 saturated heterocycles. The van der Waals surface area contributed by atoms with Gasteiger partial charge in [0.15, 0.2) is 0 Å². The van der Waals surface area contributed by atoms with Gasteiger partial charge in [-0.15, -0.1) is 0 Å². The third-order valence-electron chi connectivity index (χ3n) is 4.04. The second-order valence-electron chi connectivity index (χ2n) is 4.60. The lowest BCUT2D eigenvalue weighted by Gasteiger charge is -2.29. The van der Waals surface area contributed by atoms with Gasteiger partial charge in [0, 0.05) is 0 Å². The zero-order valence-electron chi connectivity index (χ0n) is 7.66. The predicted octanol–water partition coefficient (Wildman–Crippen LogP) is 2.00. The van der Waals surface area contributed by atoms with Crippen LogP contribution in [0.5, 0.6) is 0 Å². The maximum atomic E-state index is 10.9. The lowest BCUT2D eigenvalue weighted by atomic mass is 9.75. The average molecular weight is 168 g/mol. The number of hydrogen-bond acceptors (Lipinski definition) is 1. The summed E-state index contributed by atoms with van der Waals surface area (Å²) in [6.07, 6.45) is 2.43. The molecule has 0 radical (unpaired) electrons. The molecule has 2 aliphatic carbocycles. The van der Waals surface area contributed by atoms with Crippen molar-refractivity contribution in [2.45, 2.75) is 26.7 Å². The maximum Gasteiger partial charge on any atom is 0.307 e. The van der Waals surface area contributed by atoms with Crippen molar-refractivity contribution < 1.29 is 9.90 Å². The molecule has 0 aromatic rings. The summed E-state index contributed by atoms with van der Waals surface area (Å²) in [5.74, 6) is 1.63. The van der Waals surface area contributed by atoms with Crippen molar-refractivity contribution in [1.29, 1.82) is 0 Å². The second-order valence-corrected chi connectivity index (χ2v) is 4.60. The molecule has 0 aliphatic heterocycles. The van der Waals surface area contributed by atoms with E-state index in [9.17, 15) is 4.79 Å². The first kappa shape index (κ1) is 8.09. The van der Waals surface area contributed by atoms with Gasteiger partial charge in [0.25, 0.3) is 0 Å². The van der Waals surface area contributed by atoms with Crippen LogP contribution >= 0.6 is 0 Å². The van der Waals surface area contributed by atoms with E-state index in [0.29, 0.717) is 23.7 Å². The Balaban J connectivity index is 2.20. The van der Waals surface area contributed by atoms with Crippen molar-refractivity contribution in [2.24, 2.45) is 29.6 Å². The second kappa shape index (κ2) is 2.48. The van der Waals surface area contributed by atoms with Crippen molar-refractivity contribution in [3.05, 3.63) is 0 Å². The van der Waals surface area contributed by atoms with Crippen LogP contribution in [0.15, 0.2) is 0 Å². The highest BCUT2D eigenvalue weighted by Gasteiger charge is 2.51. The molecule has 2 fully saturated rings. The van der Waals surface area contributed by atoms with Crippen molar-refractivity contribution >= 4 is 5.97 Å². The number of carboxylic acids is 1. The molecule has 68 valence electrons. The molecule has 2 heteroatoms. The minimum atomic E-state index is -0.568. The predicted molar refractivity (Wildman–Crippen MR) is 45.7 cm³/mol. The third-order valence-corrected chi connectivity index (χ3v) is 4.04. The zero-order chi connectivity index (χ0) is 8.88. The standard InChI is InChI=1S/C10H16O2/c1-5-3-7-4-8(5)9(6(7)2)10(11)12/h5-9H,3-4H2,1-2H3,(H,11,12)/t5-,6-,7?,8?,9+/m0/s1. The summed E-state index contributed by atoms with van der Waals surface area (Å²) in [6.45, 7) is 4.31. The molecule has 1 N–H and O–H groups in total. The first-order valence-electron chi connectivity index (χ1n) is 4.84. The van der Waals surface area contributed by atoms with Crippen molar-refractivity contribution in [3.63, 3.8) is 0 Å². The van der Waals surface area contributed by atoms with E-state index >= 15 is 0 Å². The van der Waals surface area contributed by atoms with Gasteiger partial charge in [-0.2, -0.15) is 0 Å². The first-order valence-corrected chi connectivity index (χ1v) is 4.84. The molecule has 2 nitrogen and oxygen atoms in total. The topological polar surface area (TPSA) is 37.3 Å². The van der Waals surface area contributed by atoms with Crippen LogP contribution in [-0.2, 0) is 4.79 Å². The average Bonchev–Trinajstić information content (AvgIpc) is 2.44. The highest BCUT2D eigenvalue weighted by Crippen LogP contribution is 2.54. The smallest absolute Gasteiger partial charge is 0.307 e. The van der Waals surface area contributed by atoms with Crippen molar-refractivity contribution in [1.82, 2.24) is 0 Å².